The molecule has 0 radical (unpaired) electrons. The van der Waals surface area contributed by atoms with Crippen LogP contribution in [-0.2, 0) is 0 Å². The number of hydrogen-bond donors (Lipinski definition) is 2. The van der Waals surface area contributed by atoms with E-state index >= 15 is 0 Å². The van der Waals surface area contributed by atoms with Gasteiger partial charge in [-0.1, -0.05) is 11.6 Å². The second-order valence-electron chi connectivity index (χ2n) is 2.62. The van der Waals surface area contributed by atoms with Crippen LogP contribution in [0.3, 0.4) is 0 Å². The summed E-state index contributed by atoms with van der Waals surface area (Å²) in [5.41, 5.74) is 8.46. The standard InChI is InChI=1S/C8H8ClN5/c9-6-7(10)11-5-12-8(6)13-14-3-1-2-4-14/h1-5H,(H3,10,11,12,13). The highest BCUT2D eigenvalue weighted by Gasteiger charge is 2.05. The smallest absolute Gasteiger partial charge is 0.169 e. The van der Waals surface area contributed by atoms with E-state index in [1.165, 1.54) is 6.33 Å². The Morgan fingerprint density at radius 2 is 2.00 bits per heavy atom. The molecule has 0 spiro atoms. The summed E-state index contributed by atoms with van der Waals surface area (Å²) in [5, 5.41) is 0.321. The van der Waals surface area contributed by atoms with Crippen LogP contribution >= 0.6 is 11.6 Å². The second kappa shape index (κ2) is 3.55. The Kier molecular flexibility index (Phi) is 2.24. The lowest BCUT2D eigenvalue weighted by atomic mass is 10.5. The van der Waals surface area contributed by atoms with Gasteiger partial charge in [-0.3, -0.25) is 10.1 Å². The Hall–Kier alpha value is -1.75. The minimum absolute atomic E-state index is 0.260. The Labute approximate surface area is 85.5 Å². The van der Waals surface area contributed by atoms with Gasteiger partial charge in [0.15, 0.2) is 5.82 Å². The minimum atomic E-state index is 0.260. The lowest BCUT2D eigenvalue weighted by Gasteiger charge is -2.08. The molecular formula is C8H8ClN5. The fourth-order valence-corrected chi connectivity index (χ4v) is 1.13. The van der Waals surface area contributed by atoms with E-state index in [2.05, 4.69) is 15.4 Å². The van der Waals surface area contributed by atoms with E-state index in [4.69, 9.17) is 17.3 Å². The SMILES string of the molecule is Nc1ncnc(Nn2cccc2)c1Cl. The van der Waals surface area contributed by atoms with Gasteiger partial charge in [0.1, 0.15) is 17.2 Å². The maximum Gasteiger partial charge on any atom is 0.169 e. The molecule has 0 aliphatic rings. The summed E-state index contributed by atoms with van der Waals surface area (Å²) in [6.07, 6.45) is 5.01. The first-order valence-corrected chi connectivity index (χ1v) is 4.31. The maximum atomic E-state index is 5.88. The predicted molar refractivity (Wildman–Crippen MR) is 54.9 cm³/mol. The van der Waals surface area contributed by atoms with Gasteiger partial charge in [-0.15, -0.1) is 0 Å². The molecule has 6 heteroatoms. The van der Waals surface area contributed by atoms with Gasteiger partial charge in [-0.25, -0.2) is 9.97 Å². The molecule has 2 aromatic rings. The molecule has 2 rings (SSSR count). The molecule has 0 aliphatic carbocycles. The van der Waals surface area contributed by atoms with Gasteiger partial charge in [0.05, 0.1) is 0 Å². The van der Waals surface area contributed by atoms with E-state index in [0.29, 0.717) is 10.8 Å². The Balaban J connectivity index is 2.29. The van der Waals surface area contributed by atoms with Crippen molar-refractivity contribution >= 4 is 23.2 Å². The van der Waals surface area contributed by atoms with Crippen molar-refractivity contribution in [3.63, 3.8) is 0 Å². The second-order valence-corrected chi connectivity index (χ2v) is 3.00. The van der Waals surface area contributed by atoms with Crippen LogP contribution in [0.4, 0.5) is 11.6 Å². The lowest BCUT2D eigenvalue weighted by Crippen LogP contribution is -2.09. The lowest BCUT2D eigenvalue weighted by molar-refractivity contribution is 0.947. The maximum absolute atomic E-state index is 5.88. The van der Waals surface area contributed by atoms with Crippen LogP contribution in [0.25, 0.3) is 0 Å². The molecule has 3 N–H and O–H groups in total. The van der Waals surface area contributed by atoms with E-state index in [1.807, 2.05) is 24.5 Å². The third-order valence-electron chi connectivity index (χ3n) is 1.66. The Morgan fingerprint density at radius 3 is 2.71 bits per heavy atom. The van der Waals surface area contributed by atoms with E-state index in [1.54, 1.807) is 4.68 Å². The predicted octanol–water partition coefficient (Wildman–Crippen LogP) is 1.39. The van der Waals surface area contributed by atoms with Crippen molar-refractivity contribution in [2.24, 2.45) is 0 Å². The number of nitrogens with one attached hydrogen (secondary N) is 1. The van der Waals surface area contributed by atoms with Crippen LogP contribution in [0.5, 0.6) is 0 Å². The zero-order chi connectivity index (χ0) is 9.97. The van der Waals surface area contributed by atoms with Gasteiger partial charge in [0.25, 0.3) is 0 Å². The number of halogens is 1. The van der Waals surface area contributed by atoms with E-state index in [9.17, 15) is 0 Å². The number of hydrogen-bond acceptors (Lipinski definition) is 4. The van der Waals surface area contributed by atoms with Gasteiger partial charge < -0.3 is 5.73 Å². The molecule has 2 heterocycles. The molecule has 5 nitrogen and oxygen atoms in total. The van der Waals surface area contributed by atoms with Crippen LogP contribution in [0.15, 0.2) is 30.9 Å². The zero-order valence-electron chi connectivity index (χ0n) is 7.18. The highest BCUT2D eigenvalue weighted by atomic mass is 35.5. The molecule has 0 fully saturated rings. The number of aromatic nitrogens is 3. The first kappa shape index (κ1) is 8.83. The summed E-state index contributed by atoms with van der Waals surface area (Å²) in [5.74, 6) is 0.742. The van der Waals surface area contributed by atoms with E-state index in [0.717, 1.165) is 0 Å². The first-order valence-electron chi connectivity index (χ1n) is 3.93. The van der Waals surface area contributed by atoms with Crippen LogP contribution in [0.1, 0.15) is 0 Å². The average Bonchev–Trinajstić information content (AvgIpc) is 2.66. The summed E-state index contributed by atoms with van der Waals surface area (Å²) in [7, 11) is 0. The third-order valence-corrected chi connectivity index (χ3v) is 2.03. The molecule has 0 aliphatic heterocycles. The molecule has 0 amide bonds. The van der Waals surface area contributed by atoms with Gasteiger partial charge >= 0.3 is 0 Å². The van der Waals surface area contributed by atoms with E-state index < -0.39 is 0 Å². The van der Waals surface area contributed by atoms with Crippen LogP contribution < -0.4 is 11.2 Å². The normalized spacial score (nSPS) is 10.1. The molecule has 0 aromatic carbocycles. The number of anilines is 2. The van der Waals surface area contributed by atoms with Gasteiger partial charge in [0, 0.05) is 12.4 Å². The van der Waals surface area contributed by atoms with Gasteiger partial charge in [0.2, 0.25) is 0 Å². The summed E-state index contributed by atoms with van der Waals surface area (Å²) >= 11 is 5.88. The Morgan fingerprint density at radius 1 is 1.29 bits per heavy atom. The highest BCUT2D eigenvalue weighted by Crippen LogP contribution is 2.22. The summed E-state index contributed by atoms with van der Waals surface area (Å²) in [4.78, 5) is 7.71. The van der Waals surface area contributed by atoms with Crippen molar-refractivity contribution in [3.05, 3.63) is 35.9 Å². The number of nitrogens with zero attached hydrogens (tertiary/aromatic N) is 3. The topological polar surface area (TPSA) is 68.8 Å². The molecule has 2 aromatic heterocycles. The monoisotopic (exact) mass is 209 g/mol. The highest BCUT2D eigenvalue weighted by molar-refractivity contribution is 6.35. The van der Waals surface area contributed by atoms with Crippen molar-refractivity contribution in [1.82, 2.24) is 14.6 Å². The average molecular weight is 210 g/mol. The molecule has 0 saturated carbocycles. The summed E-state index contributed by atoms with van der Waals surface area (Å²) in [6.45, 7) is 0. The zero-order valence-corrected chi connectivity index (χ0v) is 7.94. The molecule has 0 saturated heterocycles. The minimum Gasteiger partial charge on any atom is -0.382 e. The van der Waals surface area contributed by atoms with Gasteiger partial charge in [-0.2, -0.15) is 0 Å². The molecule has 0 bridgehead atoms. The fraction of sp³-hybridized carbons (Fsp3) is 0. The molecule has 0 unspecified atom stereocenters. The molecule has 0 atom stereocenters. The molecular weight excluding hydrogens is 202 g/mol. The quantitative estimate of drug-likeness (QED) is 0.784. The van der Waals surface area contributed by atoms with Crippen molar-refractivity contribution in [1.29, 1.82) is 0 Å². The molecule has 72 valence electrons. The van der Waals surface area contributed by atoms with Crippen molar-refractivity contribution in [2.75, 3.05) is 11.2 Å². The van der Waals surface area contributed by atoms with E-state index in [-0.39, 0.29) is 5.82 Å². The van der Waals surface area contributed by atoms with Crippen LogP contribution in [-0.4, -0.2) is 14.6 Å². The Bertz CT molecular complexity index is 425. The third kappa shape index (κ3) is 1.62. The fourth-order valence-electron chi connectivity index (χ4n) is 0.993. The van der Waals surface area contributed by atoms with Gasteiger partial charge in [-0.05, 0) is 12.1 Å². The van der Waals surface area contributed by atoms with Crippen molar-refractivity contribution in [2.45, 2.75) is 0 Å². The number of rotatable bonds is 2. The molecule has 14 heavy (non-hydrogen) atoms. The van der Waals surface area contributed by atoms with Crippen molar-refractivity contribution < 1.29 is 0 Å². The van der Waals surface area contributed by atoms with Crippen LogP contribution in [0.2, 0.25) is 5.02 Å². The number of nitrogen functional groups attached to an aromatic ring is 1. The largest absolute Gasteiger partial charge is 0.382 e. The summed E-state index contributed by atoms with van der Waals surface area (Å²) < 4.78 is 1.72. The summed E-state index contributed by atoms with van der Waals surface area (Å²) in [6, 6.07) is 3.76. The first-order chi connectivity index (χ1) is 6.77. The van der Waals surface area contributed by atoms with Crippen molar-refractivity contribution in [3.8, 4) is 0 Å². The number of nitrogens with two attached hydrogens (primary N) is 1. The van der Waals surface area contributed by atoms with Crippen LogP contribution in [0, 0.1) is 0 Å².